The molecule has 0 N–H and O–H groups in total. The summed E-state index contributed by atoms with van der Waals surface area (Å²) < 4.78 is 16.8. The summed E-state index contributed by atoms with van der Waals surface area (Å²) in [4.78, 5) is 18.6. The van der Waals surface area contributed by atoms with Crippen molar-refractivity contribution in [2.45, 2.75) is 25.8 Å². The van der Waals surface area contributed by atoms with E-state index in [0.717, 1.165) is 75.9 Å². The molecule has 3 aliphatic heterocycles. The van der Waals surface area contributed by atoms with E-state index in [4.69, 9.17) is 14.2 Å². The standard InChI is InChI=1S/C26H33N3O4/c1-19-4-7-24-22(16-19)23(17-20-5-6-21(31-2)18-25(20)33-24)28-12-10-27(11-13-28)8-3-9-29-14-15-32-26(29)30/h4-7,16,18,23H,3,8-15,17H2,1-2H3. The van der Waals surface area contributed by atoms with E-state index in [2.05, 4.69) is 41.0 Å². The largest absolute Gasteiger partial charge is 0.497 e. The molecule has 33 heavy (non-hydrogen) atoms. The molecule has 176 valence electrons. The Morgan fingerprint density at radius 2 is 1.85 bits per heavy atom. The normalized spacial score (nSPS) is 21.1. The summed E-state index contributed by atoms with van der Waals surface area (Å²) in [6, 6.07) is 12.9. The van der Waals surface area contributed by atoms with Gasteiger partial charge in [-0.05, 0) is 44.0 Å². The maximum atomic E-state index is 11.6. The molecule has 2 fully saturated rings. The molecule has 7 nitrogen and oxygen atoms in total. The van der Waals surface area contributed by atoms with Crippen LogP contribution in [0.25, 0.3) is 0 Å². The number of methoxy groups -OCH3 is 1. The molecular weight excluding hydrogens is 418 g/mol. The minimum Gasteiger partial charge on any atom is -0.497 e. The van der Waals surface area contributed by atoms with Crippen molar-refractivity contribution in [2.24, 2.45) is 0 Å². The van der Waals surface area contributed by atoms with Gasteiger partial charge in [-0.15, -0.1) is 0 Å². The van der Waals surface area contributed by atoms with Crippen LogP contribution in [0.2, 0.25) is 0 Å². The van der Waals surface area contributed by atoms with Crippen LogP contribution in [0.5, 0.6) is 17.2 Å². The number of fused-ring (bicyclic) bond motifs is 2. The zero-order chi connectivity index (χ0) is 22.8. The number of aryl methyl sites for hydroxylation is 1. The number of piperazine rings is 1. The molecule has 0 aromatic heterocycles. The van der Waals surface area contributed by atoms with Crippen LogP contribution in [0, 0.1) is 6.92 Å². The van der Waals surface area contributed by atoms with Crippen molar-refractivity contribution < 1.29 is 19.0 Å². The summed E-state index contributed by atoms with van der Waals surface area (Å²) in [7, 11) is 1.69. The molecule has 1 atom stereocenters. The van der Waals surface area contributed by atoms with Gasteiger partial charge < -0.3 is 24.0 Å². The first-order valence-electron chi connectivity index (χ1n) is 11.9. The lowest BCUT2D eigenvalue weighted by molar-refractivity contribution is 0.0929. The third-order valence-corrected chi connectivity index (χ3v) is 7.03. The van der Waals surface area contributed by atoms with Crippen molar-refractivity contribution in [1.82, 2.24) is 14.7 Å². The lowest BCUT2D eigenvalue weighted by atomic mass is 9.95. The van der Waals surface area contributed by atoms with E-state index in [0.29, 0.717) is 6.61 Å². The van der Waals surface area contributed by atoms with Gasteiger partial charge in [0.05, 0.1) is 13.7 Å². The van der Waals surface area contributed by atoms with Crippen LogP contribution in [-0.4, -0.2) is 80.3 Å². The number of carbonyl (C=O) groups is 1. The molecule has 2 aromatic rings. The lowest BCUT2D eigenvalue weighted by Crippen LogP contribution is -2.48. The van der Waals surface area contributed by atoms with Crippen LogP contribution in [-0.2, 0) is 11.2 Å². The second-order valence-electron chi connectivity index (χ2n) is 9.17. The summed E-state index contributed by atoms with van der Waals surface area (Å²) in [6.07, 6.45) is 1.75. The summed E-state index contributed by atoms with van der Waals surface area (Å²) >= 11 is 0. The average Bonchev–Trinajstić information content (AvgIpc) is 3.16. The highest BCUT2D eigenvalue weighted by Crippen LogP contribution is 2.42. The van der Waals surface area contributed by atoms with Gasteiger partial charge in [-0.25, -0.2) is 4.79 Å². The van der Waals surface area contributed by atoms with Crippen molar-refractivity contribution in [1.29, 1.82) is 0 Å². The maximum absolute atomic E-state index is 11.6. The van der Waals surface area contributed by atoms with Gasteiger partial charge in [-0.3, -0.25) is 4.90 Å². The van der Waals surface area contributed by atoms with E-state index >= 15 is 0 Å². The van der Waals surface area contributed by atoms with Gasteiger partial charge in [0.25, 0.3) is 0 Å². The molecule has 1 amide bonds. The number of benzene rings is 2. The maximum Gasteiger partial charge on any atom is 0.409 e. The minimum atomic E-state index is -0.165. The first kappa shape index (κ1) is 22.0. The Hall–Kier alpha value is -2.77. The first-order chi connectivity index (χ1) is 16.1. The monoisotopic (exact) mass is 451 g/mol. The SMILES string of the molecule is COc1ccc2c(c1)Oc1ccc(C)cc1C(N1CCN(CCCN3CCOC3=O)CC1)C2. The van der Waals surface area contributed by atoms with Crippen LogP contribution >= 0.6 is 0 Å². The van der Waals surface area contributed by atoms with Gasteiger partial charge in [-0.2, -0.15) is 0 Å². The first-order valence-corrected chi connectivity index (χ1v) is 11.9. The van der Waals surface area contributed by atoms with Crippen LogP contribution in [0.4, 0.5) is 4.79 Å². The topological polar surface area (TPSA) is 54.5 Å². The third-order valence-electron chi connectivity index (χ3n) is 7.03. The zero-order valence-corrected chi connectivity index (χ0v) is 19.6. The number of amides is 1. The molecule has 0 saturated carbocycles. The molecule has 0 radical (unpaired) electrons. The number of nitrogens with zero attached hydrogens (tertiary/aromatic N) is 3. The van der Waals surface area contributed by atoms with Gasteiger partial charge in [-0.1, -0.05) is 23.8 Å². The van der Waals surface area contributed by atoms with Gasteiger partial charge in [0.15, 0.2) is 0 Å². The van der Waals surface area contributed by atoms with Gasteiger partial charge >= 0.3 is 6.09 Å². The number of hydrogen-bond donors (Lipinski definition) is 0. The predicted octanol–water partition coefficient (Wildman–Crippen LogP) is 3.85. The highest BCUT2D eigenvalue weighted by atomic mass is 16.6. The fourth-order valence-electron chi connectivity index (χ4n) is 5.12. The molecule has 3 aliphatic rings. The van der Waals surface area contributed by atoms with Crippen molar-refractivity contribution in [3.63, 3.8) is 0 Å². The number of rotatable bonds is 6. The fourth-order valence-corrected chi connectivity index (χ4v) is 5.12. The Labute approximate surface area is 195 Å². The van der Waals surface area contributed by atoms with Crippen molar-refractivity contribution in [3.8, 4) is 17.2 Å². The Bertz CT molecular complexity index is 1000. The Kier molecular flexibility index (Phi) is 6.42. The molecule has 5 rings (SSSR count). The summed E-state index contributed by atoms with van der Waals surface area (Å²) in [5, 5.41) is 0. The van der Waals surface area contributed by atoms with E-state index in [1.54, 1.807) is 7.11 Å². The summed E-state index contributed by atoms with van der Waals surface area (Å²) in [5.41, 5.74) is 3.74. The Balaban J connectivity index is 1.26. The molecule has 3 heterocycles. The molecule has 2 saturated heterocycles. The Morgan fingerprint density at radius 1 is 1.00 bits per heavy atom. The molecule has 0 spiro atoms. The second kappa shape index (κ2) is 9.61. The summed E-state index contributed by atoms with van der Waals surface area (Å²) in [6.45, 7) is 9.32. The smallest absolute Gasteiger partial charge is 0.409 e. The van der Waals surface area contributed by atoms with Crippen LogP contribution in [0.1, 0.15) is 29.2 Å². The third kappa shape index (κ3) is 4.80. The van der Waals surface area contributed by atoms with Gasteiger partial charge in [0, 0.05) is 50.4 Å². The van der Waals surface area contributed by atoms with Crippen LogP contribution in [0.15, 0.2) is 36.4 Å². The van der Waals surface area contributed by atoms with Crippen LogP contribution < -0.4 is 9.47 Å². The number of cyclic esters (lactones) is 1. The number of carbonyl (C=O) groups excluding carboxylic acids is 1. The van der Waals surface area contributed by atoms with Gasteiger partial charge in [0.1, 0.15) is 23.9 Å². The van der Waals surface area contributed by atoms with Crippen LogP contribution in [0.3, 0.4) is 0 Å². The molecule has 0 aliphatic carbocycles. The molecule has 1 unspecified atom stereocenters. The lowest BCUT2D eigenvalue weighted by Gasteiger charge is -2.39. The Morgan fingerprint density at radius 3 is 2.61 bits per heavy atom. The average molecular weight is 452 g/mol. The minimum absolute atomic E-state index is 0.165. The van der Waals surface area contributed by atoms with E-state index in [-0.39, 0.29) is 12.1 Å². The highest BCUT2D eigenvalue weighted by molar-refractivity contribution is 5.69. The van der Waals surface area contributed by atoms with E-state index in [9.17, 15) is 4.79 Å². The van der Waals surface area contributed by atoms with E-state index < -0.39 is 0 Å². The van der Waals surface area contributed by atoms with E-state index in [1.165, 1.54) is 16.7 Å². The predicted molar refractivity (Wildman–Crippen MR) is 126 cm³/mol. The quantitative estimate of drug-likeness (QED) is 0.665. The molecular formula is C26H33N3O4. The fraction of sp³-hybridized carbons (Fsp3) is 0.500. The number of hydrogen-bond acceptors (Lipinski definition) is 6. The molecule has 7 heteroatoms. The zero-order valence-electron chi connectivity index (χ0n) is 19.6. The second-order valence-corrected chi connectivity index (χ2v) is 9.17. The number of ether oxygens (including phenoxy) is 3. The highest BCUT2D eigenvalue weighted by Gasteiger charge is 2.31. The molecule has 0 bridgehead atoms. The van der Waals surface area contributed by atoms with Crippen molar-refractivity contribution >= 4 is 6.09 Å². The van der Waals surface area contributed by atoms with Gasteiger partial charge in [0.2, 0.25) is 0 Å². The summed E-state index contributed by atoms with van der Waals surface area (Å²) in [5.74, 6) is 2.65. The van der Waals surface area contributed by atoms with Crippen molar-refractivity contribution in [2.75, 3.05) is 59.5 Å². The van der Waals surface area contributed by atoms with E-state index in [1.807, 2.05) is 17.0 Å². The van der Waals surface area contributed by atoms with Crippen molar-refractivity contribution in [3.05, 3.63) is 53.1 Å². The molecule has 2 aromatic carbocycles.